The summed E-state index contributed by atoms with van der Waals surface area (Å²) in [5.41, 5.74) is 7.89. The molecule has 3 aliphatic heterocycles. The number of hydrogen-bond acceptors (Lipinski definition) is 3. The molecule has 3 aliphatic rings. The maximum absolute atomic E-state index is 14.2. The van der Waals surface area contributed by atoms with Crippen molar-refractivity contribution in [3.05, 3.63) is 64.2 Å². The van der Waals surface area contributed by atoms with Gasteiger partial charge in [0.15, 0.2) is 0 Å². The molecular formula is C25H26N2O2S. The molecule has 2 amide bonds. The van der Waals surface area contributed by atoms with E-state index >= 15 is 0 Å². The molecule has 3 heterocycles. The first-order valence-corrected chi connectivity index (χ1v) is 11.3. The average molecular weight is 419 g/mol. The molecule has 1 fully saturated rings. The van der Waals surface area contributed by atoms with Crippen LogP contribution in [0.1, 0.15) is 48.6 Å². The molecule has 2 aromatic rings. The lowest BCUT2D eigenvalue weighted by Gasteiger charge is -2.40. The molecule has 30 heavy (non-hydrogen) atoms. The fraction of sp³-hybridized carbons (Fsp3) is 0.360. The van der Waals surface area contributed by atoms with Crippen molar-refractivity contribution in [1.29, 1.82) is 0 Å². The van der Waals surface area contributed by atoms with Gasteiger partial charge in [-0.1, -0.05) is 18.2 Å². The van der Waals surface area contributed by atoms with E-state index in [1.165, 1.54) is 22.9 Å². The van der Waals surface area contributed by atoms with Crippen molar-refractivity contribution >= 4 is 40.5 Å². The number of allylic oxidation sites excluding steroid dienone is 1. The number of thioether (sulfide) groups is 1. The second-order valence-electron chi connectivity index (χ2n) is 9.26. The van der Waals surface area contributed by atoms with Gasteiger partial charge in [-0.2, -0.15) is 0 Å². The van der Waals surface area contributed by atoms with Crippen LogP contribution in [0.15, 0.2) is 36.4 Å². The predicted molar refractivity (Wildman–Crippen MR) is 124 cm³/mol. The fourth-order valence-electron chi connectivity index (χ4n) is 5.19. The van der Waals surface area contributed by atoms with Crippen LogP contribution in [0.25, 0.3) is 5.57 Å². The van der Waals surface area contributed by atoms with Crippen LogP contribution in [0.3, 0.4) is 0 Å². The molecule has 2 aromatic carbocycles. The molecule has 0 radical (unpaired) electrons. The lowest BCUT2D eigenvalue weighted by molar-refractivity contribution is -0.124. The third-order valence-corrected chi connectivity index (χ3v) is 8.01. The molecule has 0 saturated carbocycles. The van der Waals surface area contributed by atoms with Crippen LogP contribution in [-0.2, 0) is 14.5 Å². The summed E-state index contributed by atoms with van der Waals surface area (Å²) in [6.45, 7) is 12.4. The number of hydrogen-bond donors (Lipinski definition) is 0. The molecule has 1 spiro atoms. The van der Waals surface area contributed by atoms with E-state index in [4.69, 9.17) is 0 Å². The summed E-state index contributed by atoms with van der Waals surface area (Å²) in [6.07, 6.45) is 2.16. The van der Waals surface area contributed by atoms with Gasteiger partial charge >= 0.3 is 0 Å². The van der Waals surface area contributed by atoms with E-state index in [-0.39, 0.29) is 11.8 Å². The van der Waals surface area contributed by atoms with E-state index in [9.17, 15) is 9.59 Å². The van der Waals surface area contributed by atoms with Crippen LogP contribution >= 0.6 is 11.8 Å². The number of carbonyl (C=O) groups excluding carboxylic acids is 2. The van der Waals surface area contributed by atoms with Crippen molar-refractivity contribution in [3.8, 4) is 0 Å². The Balaban J connectivity index is 1.82. The molecule has 5 heteroatoms. The van der Waals surface area contributed by atoms with Gasteiger partial charge in [0.2, 0.25) is 10.8 Å². The summed E-state index contributed by atoms with van der Waals surface area (Å²) >= 11 is 1.45. The van der Waals surface area contributed by atoms with E-state index < -0.39 is 10.4 Å². The number of anilines is 2. The molecule has 154 valence electrons. The van der Waals surface area contributed by atoms with Crippen molar-refractivity contribution in [3.63, 3.8) is 0 Å². The van der Waals surface area contributed by atoms with E-state index in [0.29, 0.717) is 5.75 Å². The Bertz CT molecular complexity index is 1180. The molecular weight excluding hydrogens is 392 g/mol. The summed E-state index contributed by atoms with van der Waals surface area (Å²) in [7, 11) is 0. The number of amides is 2. The minimum absolute atomic E-state index is 0.0193. The molecule has 0 aromatic heterocycles. The molecule has 1 atom stereocenters. The van der Waals surface area contributed by atoms with Crippen molar-refractivity contribution < 1.29 is 9.59 Å². The van der Waals surface area contributed by atoms with E-state index in [2.05, 4.69) is 52.8 Å². The summed E-state index contributed by atoms with van der Waals surface area (Å²) in [5, 5.41) is 0. The van der Waals surface area contributed by atoms with Gasteiger partial charge in [0, 0.05) is 16.8 Å². The zero-order chi connectivity index (χ0) is 21.6. The molecule has 4 nitrogen and oxygen atoms in total. The van der Waals surface area contributed by atoms with Crippen molar-refractivity contribution in [2.24, 2.45) is 0 Å². The second kappa shape index (κ2) is 6.01. The van der Waals surface area contributed by atoms with E-state index in [0.717, 1.165) is 33.6 Å². The molecule has 5 rings (SSSR count). The Morgan fingerprint density at radius 2 is 1.67 bits per heavy atom. The lowest BCUT2D eigenvalue weighted by atomic mass is 9.88. The third-order valence-electron chi connectivity index (χ3n) is 6.62. The zero-order valence-corrected chi connectivity index (χ0v) is 19.1. The SMILES string of the molecule is CC1=CC(C)(C)N2C(=O)[C@]3(SCC(=O)N3c3ccc(C)c(C)c3)c3cc(C)cc1c32. The molecule has 0 bridgehead atoms. The molecule has 1 saturated heterocycles. The van der Waals surface area contributed by atoms with Gasteiger partial charge in [-0.05, 0) is 82.0 Å². The molecule has 0 N–H and O–H groups in total. The van der Waals surface area contributed by atoms with Crippen LogP contribution < -0.4 is 9.80 Å². The smallest absolute Gasteiger partial charge is 0.269 e. The van der Waals surface area contributed by atoms with Crippen molar-refractivity contribution in [1.82, 2.24) is 0 Å². The number of benzene rings is 2. The van der Waals surface area contributed by atoms with Crippen LogP contribution in [-0.4, -0.2) is 23.1 Å². The van der Waals surface area contributed by atoms with Gasteiger partial charge in [0.1, 0.15) is 0 Å². The summed E-state index contributed by atoms with van der Waals surface area (Å²) in [4.78, 5) is 30.0. The fourth-order valence-corrected chi connectivity index (χ4v) is 6.51. The Morgan fingerprint density at radius 3 is 2.37 bits per heavy atom. The monoisotopic (exact) mass is 418 g/mol. The summed E-state index contributed by atoms with van der Waals surface area (Å²) in [6, 6.07) is 10.3. The third kappa shape index (κ3) is 2.30. The number of carbonyl (C=O) groups is 2. The largest absolute Gasteiger partial charge is 0.299 e. The number of aryl methyl sites for hydroxylation is 3. The average Bonchev–Trinajstić information content (AvgIpc) is 3.13. The Hall–Kier alpha value is -2.53. The topological polar surface area (TPSA) is 40.6 Å². The van der Waals surface area contributed by atoms with Crippen LogP contribution in [0.4, 0.5) is 11.4 Å². The zero-order valence-electron chi connectivity index (χ0n) is 18.3. The first kappa shape index (κ1) is 19.4. The van der Waals surface area contributed by atoms with E-state index in [1.54, 1.807) is 4.90 Å². The summed E-state index contributed by atoms with van der Waals surface area (Å²) < 4.78 is 0. The van der Waals surface area contributed by atoms with Crippen LogP contribution in [0.5, 0.6) is 0 Å². The Kier molecular flexibility index (Phi) is 3.89. The van der Waals surface area contributed by atoms with Crippen LogP contribution in [0.2, 0.25) is 0 Å². The number of nitrogens with zero attached hydrogens (tertiary/aromatic N) is 2. The van der Waals surface area contributed by atoms with Crippen molar-refractivity contribution in [2.75, 3.05) is 15.6 Å². The maximum atomic E-state index is 14.2. The van der Waals surface area contributed by atoms with Crippen LogP contribution in [0, 0.1) is 20.8 Å². The Labute approximate surface area is 181 Å². The minimum Gasteiger partial charge on any atom is -0.299 e. The highest BCUT2D eigenvalue weighted by atomic mass is 32.2. The second-order valence-corrected chi connectivity index (χ2v) is 10.4. The van der Waals surface area contributed by atoms with E-state index in [1.807, 2.05) is 30.0 Å². The van der Waals surface area contributed by atoms with Gasteiger partial charge in [-0.3, -0.25) is 19.4 Å². The van der Waals surface area contributed by atoms with Gasteiger partial charge in [-0.15, -0.1) is 11.8 Å². The van der Waals surface area contributed by atoms with Gasteiger partial charge < -0.3 is 0 Å². The van der Waals surface area contributed by atoms with Gasteiger partial charge in [0.05, 0.1) is 17.0 Å². The lowest BCUT2D eigenvalue weighted by Crippen LogP contribution is -2.54. The highest BCUT2D eigenvalue weighted by Gasteiger charge is 2.64. The standard InChI is InChI=1S/C25H26N2O2S/c1-14-9-19-17(4)12-24(5,6)27-22(19)20(10-14)25(23(27)29)26(21(28)13-30-25)18-8-7-15(2)16(3)11-18/h7-12H,13H2,1-6H3/t25-/m1/s1. The number of rotatable bonds is 1. The number of fused-ring (bicyclic) bond motifs is 1. The summed E-state index contributed by atoms with van der Waals surface area (Å²) in [5.74, 6) is 0.253. The van der Waals surface area contributed by atoms with Crippen molar-refractivity contribution in [2.45, 2.75) is 52.0 Å². The minimum atomic E-state index is -1.05. The predicted octanol–water partition coefficient (Wildman–Crippen LogP) is 5.09. The van der Waals surface area contributed by atoms with Gasteiger partial charge in [0.25, 0.3) is 5.91 Å². The van der Waals surface area contributed by atoms with Gasteiger partial charge in [-0.25, -0.2) is 0 Å². The quantitative estimate of drug-likeness (QED) is 0.648. The first-order valence-electron chi connectivity index (χ1n) is 10.3. The first-order chi connectivity index (χ1) is 14.1. The highest BCUT2D eigenvalue weighted by molar-refractivity contribution is 8.02. The normalized spacial score (nSPS) is 24.0. The highest BCUT2D eigenvalue weighted by Crippen LogP contribution is 2.60. The molecule has 0 unspecified atom stereocenters. The molecule has 0 aliphatic carbocycles. The Morgan fingerprint density at radius 1 is 0.933 bits per heavy atom. The maximum Gasteiger partial charge on any atom is 0.269 e.